The molecule has 4 heteroatoms. The van der Waals surface area contributed by atoms with E-state index >= 15 is 0 Å². The molecule has 174 valence electrons. The number of aromatic nitrogens is 1. The van der Waals surface area contributed by atoms with Gasteiger partial charge in [0.15, 0.2) is 0 Å². The molecule has 0 saturated carbocycles. The molecular formula is C30H32N2O2. The Balaban J connectivity index is 1.41. The Labute approximate surface area is 201 Å². The summed E-state index contributed by atoms with van der Waals surface area (Å²) in [5.74, 6) is 1.83. The van der Waals surface area contributed by atoms with Crippen LogP contribution in [0.2, 0.25) is 0 Å². The molecule has 0 bridgehead atoms. The number of allylic oxidation sites excluding steroid dienone is 2. The summed E-state index contributed by atoms with van der Waals surface area (Å²) in [6.07, 6.45) is 5.83. The first-order chi connectivity index (χ1) is 16.8. The summed E-state index contributed by atoms with van der Waals surface area (Å²) in [7, 11) is 0. The van der Waals surface area contributed by atoms with Gasteiger partial charge in [0.25, 0.3) is 0 Å². The standard InChI is InChI=1S/C30H32N2O2/c1-3-32-26-13-6-5-9-22(26)25-19-20(15-16-27(25)32)29-23-11-7-10-21(23)24-12-8-14-28(30(24)31-29)34-18-17-33-4-2/h5-10,12-16,19,21,23,29,31H,3-4,11,17-18H2,1-2H3. The number of nitrogens with zero attached hydrogens (tertiary/aromatic N) is 1. The fraction of sp³-hybridized carbons (Fsp3) is 0.333. The van der Waals surface area contributed by atoms with Gasteiger partial charge in [-0.3, -0.25) is 0 Å². The highest BCUT2D eigenvalue weighted by Crippen LogP contribution is 2.52. The second kappa shape index (κ2) is 8.84. The van der Waals surface area contributed by atoms with Crippen molar-refractivity contribution < 1.29 is 9.47 Å². The minimum atomic E-state index is 0.234. The normalized spacial score (nSPS) is 20.9. The number of nitrogens with one attached hydrogen (secondary N) is 1. The van der Waals surface area contributed by atoms with Crippen molar-refractivity contribution in [2.45, 2.75) is 38.8 Å². The fourth-order valence-electron chi connectivity index (χ4n) is 6.00. The predicted molar refractivity (Wildman–Crippen MR) is 140 cm³/mol. The zero-order chi connectivity index (χ0) is 23.1. The van der Waals surface area contributed by atoms with Gasteiger partial charge in [-0.25, -0.2) is 0 Å². The Morgan fingerprint density at radius 1 is 0.941 bits per heavy atom. The van der Waals surface area contributed by atoms with Crippen LogP contribution in [-0.2, 0) is 11.3 Å². The molecule has 2 heterocycles. The lowest BCUT2D eigenvalue weighted by atomic mass is 9.76. The van der Waals surface area contributed by atoms with Crippen molar-refractivity contribution in [2.24, 2.45) is 5.92 Å². The van der Waals surface area contributed by atoms with Crippen LogP contribution in [0.4, 0.5) is 5.69 Å². The summed E-state index contributed by atoms with van der Waals surface area (Å²) < 4.78 is 14.1. The molecule has 1 N–H and O–H groups in total. The van der Waals surface area contributed by atoms with Crippen LogP contribution in [0.25, 0.3) is 21.8 Å². The van der Waals surface area contributed by atoms with E-state index in [0.717, 1.165) is 24.4 Å². The van der Waals surface area contributed by atoms with Gasteiger partial charge in [-0.1, -0.05) is 48.6 Å². The van der Waals surface area contributed by atoms with Crippen LogP contribution in [-0.4, -0.2) is 24.4 Å². The molecule has 2 aliphatic rings. The molecule has 4 nitrogen and oxygen atoms in total. The number of anilines is 1. The third kappa shape index (κ3) is 3.40. The number of para-hydroxylation sites is 2. The second-order valence-corrected chi connectivity index (χ2v) is 9.28. The van der Waals surface area contributed by atoms with Crippen LogP contribution in [0, 0.1) is 5.92 Å². The Hall–Kier alpha value is -3.24. The van der Waals surface area contributed by atoms with E-state index in [2.05, 4.69) is 89.6 Å². The van der Waals surface area contributed by atoms with E-state index in [1.807, 2.05) is 6.92 Å². The van der Waals surface area contributed by atoms with E-state index in [4.69, 9.17) is 9.47 Å². The van der Waals surface area contributed by atoms with Crippen molar-refractivity contribution in [2.75, 3.05) is 25.1 Å². The minimum Gasteiger partial charge on any atom is -0.489 e. The topological polar surface area (TPSA) is 35.4 Å². The Morgan fingerprint density at radius 2 is 1.82 bits per heavy atom. The molecule has 1 aliphatic heterocycles. The van der Waals surface area contributed by atoms with Crippen LogP contribution in [0.1, 0.15) is 43.4 Å². The van der Waals surface area contributed by atoms with E-state index < -0.39 is 0 Å². The highest BCUT2D eigenvalue weighted by molar-refractivity contribution is 6.08. The molecule has 1 aliphatic carbocycles. The summed E-state index contributed by atoms with van der Waals surface area (Å²) in [6, 6.07) is 22.5. The van der Waals surface area contributed by atoms with Gasteiger partial charge in [-0.15, -0.1) is 0 Å². The molecule has 3 atom stereocenters. The van der Waals surface area contributed by atoms with Crippen molar-refractivity contribution >= 4 is 27.5 Å². The van der Waals surface area contributed by atoms with Crippen molar-refractivity contribution in [3.05, 3.63) is 83.9 Å². The second-order valence-electron chi connectivity index (χ2n) is 9.28. The molecule has 0 amide bonds. The molecule has 6 rings (SSSR count). The van der Waals surface area contributed by atoms with Gasteiger partial charge in [-0.2, -0.15) is 0 Å². The maximum absolute atomic E-state index is 6.17. The third-order valence-electron chi connectivity index (χ3n) is 7.52. The van der Waals surface area contributed by atoms with Crippen LogP contribution in [0.15, 0.2) is 72.8 Å². The smallest absolute Gasteiger partial charge is 0.142 e. The molecule has 0 spiro atoms. The Kier molecular flexibility index (Phi) is 5.54. The average molecular weight is 453 g/mol. The maximum atomic E-state index is 6.17. The lowest BCUT2D eigenvalue weighted by Gasteiger charge is -2.38. The zero-order valence-corrected chi connectivity index (χ0v) is 20.0. The molecule has 0 fully saturated rings. The number of hydrogen-bond acceptors (Lipinski definition) is 3. The van der Waals surface area contributed by atoms with Crippen LogP contribution < -0.4 is 10.1 Å². The highest BCUT2D eigenvalue weighted by Gasteiger charge is 2.39. The van der Waals surface area contributed by atoms with Crippen molar-refractivity contribution in [3.8, 4) is 5.75 Å². The number of hydrogen-bond donors (Lipinski definition) is 1. The van der Waals surface area contributed by atoms with Crippen molar-refractivity contribution in [1.29, 1.82) is 0 Å². The van der Waals surface area contributed by atoms with Gasteiger partial charge in [0, 0.05) is 40.9 Å². The highest BCUT2D eigenvalue weighted by atomic mass is 16.5. The number of benzene rings is 3. The largest absolute Gasteiger partial charge is 0.489 e. The molecule has 3 unspecified atom stereocenters. The predicted octanol–water partition coefficient (Wildman–Crippen LogP) is 7.06. The first-order valence-corrected chi connectivity index (χ1v) is 12.6. The number of rotatable bonds is 7. The summed E-state index contributed by atoms with van der Waals surface area (Å²) in [5.41, 5.74) is 6.44. The molecule has 3 aromatic carbocycles. The molecule has 34 heavy (non-hydrogen) atoms. The summed E-state index contributed by atoms with van der Waals surface area (Å²) in [4.78, 5) is 0. The van der Waals surface area contributed by atoms with Gasteiger partial charge in [0.05, 0.1) is 18.3 Å². The first-order valence-electron chi connectivity index (χ1n) is 12.6. The van der Waals surface area contributed by atoms with E-state index in [1.54, 1.807) is 0 Å². The average Bonchev–Trinajstić information content (AvgIpc) is 3.49. The number of fused-ring (bicyclic) bond motifs is 6. The third-order valence-corrected chi connectivity index (χ3v) is 7.52. The quantitative estimate of drug-likeness (QED) is 0.241. The van der Waals surface area contributed by atoms with Gasteiger partial charge in [-0.05, 0) is 61.6 Å². The zero-order valence-electron chi connectivity index (χ0n) is 20.0. The van der Waals surface area contributed by atoms with Crippen molar-refractivity contribution in [1.82, 2.24) is 4.57 Å². The summed E-state index contributed by atoms with van der Waals surface area (Å²) in [6.45, 7) is 7.08. The van der Waals surface area contributed by atoms with Gasteiger partial charge in [0.2, 0.25) is 0 Å². The monoisotopic (exact) mass is 452 g/mol. The van der Waals surface area contributed by atoms with E-state index in [0.29, 0.717) is 31.7 Å². The summed E-state index contributed by atoms with van der Waals surface area (Å²) >= 11 is 0. The molecule has 4 aromatic rings. The van der Waals surface area contributed by atoms with Crippen LogP contribution in [0.3, 0.4) is 0 Å². The number of ether oxygens (including phenoxy) is 2. The Bertz CT molecular complexity index is 1370. The first kappa shape index (κ1) is 21.3. The van der Waals surface area contributed by atoms with Crippen LogP contribution in [0.5, 0.6) is 5.75 Å². The lowest BCUT2D eigenvalue weighted by molar-refractivity contribution is 0.110. The van der Waals surface area contributed by atoms with Gasteiger partial charge < -0.3 is 19.4 Å². The molecular weight excluding hydrogens is 420 g/mol. The van der Waals surface area contributed by atoms with Crippen LogP contribution >= 0.6 is 0 Å². The lowest BCUT2D eigenvalue weighted by Crippen LogP contribution is -2.29. The maximum Gasteiger partial charge on any atom is 0.142 e. The molecule has 0 radical (unpaired) electrons. The van der Waals surface area contributed by atoms with Gasteiger partial charge in [0.1, 0.15) is 12.4 Å². The SMILES string of the molecule is CCOCCOc1cccc2c1NC(c1ccc3c(c1)c1ccccc1n3CC)C1CC=CC21. The minimum absolute atomic E-state index is 0.234. The summed E-state index contributed by atoms with van der Waals surface area (Å²) in [5, 5.41) is 6.59. The van der Waals surface area contributed by atoms with Crippen molar-refractivity contribution in [3.63, 3.8) is 0 Å². The number of aryl methyl sites for hydroxylation is 1. The van der Waals surface area contributed by atoms with E-state index in [1.165, 1.54) is 32.9 Å². The fourth-order valence-corrected chi connectivity index (χ4v) is 6.00. The van der Waals surface area contributed by atoms with E-state index in [9.17, 15) is 0 Å². The molecule has 0 saturated heterocycles. The van der Waals surface area contributed by atoms with E-state index in [-0.39, 0.29) is 6.04 Å². The molecule has 1 aromatic heterocycles. The Morgan fingerprint density at radius 3 is 2.71 bits per heavy atom. The van der Waals surface area contributed by atoms with Gasteiger partial charge >= 0.3 is 0 Å².